The molecule has 0 spiro atoms. The molecule has 3 heterocycles. The van der Waals surface area contributed by atoms with Crippen molar-refractivity contribution in [1.82, 2.24) is 0 Å². The minimum atomic E-state index is -0.105. The fourth-order valence-electron chi connectivity index (χ4n) is 3.58. The van der Waals surface area contributed by atoms with Gasteiger partial charge >= 0.3 is 0 Å². The van der Waals surface area contributed by atoms with Crippen LogP contribution in [0.4, 0.5) is 0 Å². The van der Waals surface area contributed by atoms with Crippen molar-refractivity contribution in [3.8, 4) is 11.5 Å². The molecule has 6 heteroatoms. The normalized spacial score (nSPS) is 23.9. The Morgan fingerprint density at radius 3 is 2.69 bits per heavy atom. The number of aryl methyl sites for hydroxylation is 1. The zero-order chi connectivity index (χ0) is 18.3. The number of allylic oxidation sites excluding steroid dienone is 1. The first-order valence-corrected chi connectivity index (χ1v) is 9.89. The van der Waals surface area contributed by atoms with E-state index in [1.807, 2.05) is 24.4 Å². The maximum Gasteiger partial charge on any atom is 0.232 e. The highest BCUT2D eigenvalue weighted by Gasteiger charge is 2.33. The fourth-order valence-corrected chi connectivity index (χ4v) is 4.42. The number of thiophene rings is 1. The summed E-state index contributed by atoms with van der Waals surface area (Å²) in [5.41, 5.74) is 2.43. The SMILES string of the molecule is Cc1ccsc1/C=C1\Oc2c(ccc(O)c2C[NH+]2CC[NH+](C)CC2)C1=O. The number of rotatable bonds is 3. The molecular weight excluding hydrogens is 348 g/mol. The molecule has 1 fully saturated rings. The summed E-state index contributed by atoms with van der Waals surface area (Å²) in [5, 5.41) is 12.4. The Morgan fingerprint density at radius 1 is 1.23 bits per heavy atom. The Labute approximate surface area is 157 Å². The molecule has 136 valence electrons. The van der Waals surface area contributed by atoms with Crippen LogP contribution in [0.2, 0.25) is 0 Å². The van der Waals surface area contributed by atoms with Crippen LogP contribution < -0.4 is 14.5 Å². The Morgan fingerprint density at radius 2 is 2.00 bits per heavy atom. The van der Waals surface area contributed by atoms with Crippen molar-refractivity contribution >= 4 is 23.2 Å². The summed E-state index contributed by atoms with van der Waals surface area (Å²) in [4.78, 5) is 16.7. The largest absolute Gasteiger partial charge is 0.507 e. The lowest BCUT2D eigenvalue weighted by atomic mass is 10.0. The third kappa shape index (κ3) is 3.16. The van der Waals surface area contributed by atoms with Crippen molar-refractivity contribution in [3.63, 3.8) is 0 Å². The minimum absolute atomic E-state index is 0.105. The second kappa shape index (κ2) is 6.87. The predicted octanol–water partition coefficient (Wildman–Crippen LogP) is 0.292. The van der Waals surface area contributed by atoms with Gasteiger partial charge in [-0.05, 0) is 36.1 Å². The first-order valence-electron chi connectivity index (χ1n) is 9.01. The van der Waals surface area contributed by atoms with Gasteiger partial charge in [0.25, 0.3) is 0 Å². The van der Waals surface area contributed by atoms with E-state index in [0.29, 0.717) is 23.6 Å². The van der Waals surface area contributed by atoms with Gasteiger partial charge in [0.2, 0.25) is 5.78 Å². The second-order valence-corrected chi connectivity index (χ2v) is 8.18. The van der Waals surface area contributed by atoms with Gasteiger partial charge in [0, 0.05) is 11.0 Å². The number of quaternary nitrogens is 2. The van der Waals surface area contributed by atoms with Gasteiger partial charge < -0.3 is 19.6 Å². The summed E-state index contributed by atoms with van der Waals surface area (Å²) in [7, 11) is 2.21. The molecule has 4 rings (SSSR count). The highest BCUT2D eigenvalue weighted by molar-refractivity contribution is 7.11. The summed E-state index contributed by atoms with van der Waals surface area (Å²) < 4.78 is 5.96. The Balaban J connectivity index is 1.63. The van der Waals surface area contributed by atoms with E-state index in [9.17, 15) is 9.90 Å². The first-order chi connectivity index (χ1) is 12.5. The fraction of sp³-hybridized carbons (Fsp3) is 0.350. The topological polar surface area (TPSA) is 55.4 Å². The zero-order valence-corrected chi connectivity index (χ0v) is 15.9. The highest BCUT2D eigenvalue weighted by atomic mass is 32.1. The molecule has 3 N–H and O–H groups in total. The Bertz CT molecular complexity index is 879. The molecule has 0 radical (unpaired) electrons. The molecule has 2 aliphatic rings. The molecule has 1 aromatic carbocycles. The summed E-state index contributed by atoms with van der Waals surface area (Å²) >= 11 is 1.59. The Kier molecular flexibility index (Phi) is 4.56. The summed E-state index contributed by atoms with van der Waals surface area (Å²) in [6.45, 7) is 7.05. The third-order valence-electron chi connectivity index (χ3n) is 5.32. The lowest BCUT2D eigenvalue weighted by Crippen LogP contribution is -3.26. The lowest BCUT2D eigenvalue weighted by molar-refractivity contribution is -1.01. The van der Waals surface area contributed by atoms with Crippen molar-refractivity contribution < 1.29 is 24.4 Å². The smallest absolute Gasteiger partial charge is 0.232 e. The number of phenolic OH excluding ortho intramolecular Hbond substituents is 1. The number of aromatic hydroxyl groups is 1. The van der Waals surface area contributed by atoms with E-state index in [0.717, 1.165) is 42.2 Å². The number of fused-ring (bicyclic) bond motifs is 1. The van der Waals surface area contributed by atoms with Crippen LogP contribution in [-0.2, 0) is 6.54 Å². The van der Waals surface area contributed by atoms with Crippen LogP contribution in [0.15, 0.2) is 29.3 Å². The van der Waals surface area contributed by atoms with Crippen LogP contribution in [0.3, 0.4) is 0 Å². The van der Waals surface area contributed by atoms with Crippen LogP contribution in [0.25, 0.3) is 6.08 Å². The molecule has 5 nitrogen and oxygen atoms in total. The number of ketones is 1. The van der Waals surface area contributed by atoms with Crippen molar-refractivity contribution in [1.29, 1.82) is 0 Å². The molecule has 1 aromatic heterocycles. The average Bonchev–Trinajstić information content (AvgIpc) is 3.17. The lowest BCUT2D eigenvalue weighted by Gasteiger charge is -2.27. The van der Waals surface area contributed by atoms with Crippen LogP contribution in [0.5, 0.6) is 11.5 Å². The molecule has 26 heavy (non-hydrogen) atoms. The Hall–Kier alpha value is -2.15. The van der Waals surface area contributed by atoms with Crippen LogP contribution in [0, 0.1) is 6.92 Å². The van der Waals surface area contributed by atoms with Gasteiger partial charge in [-0.25, -0.2) is 0 Å². The van der Waals surface area contributed by atoms with E-state index in [4.69, 9.17) is 4.74 Å². The summed E-state index contributed by atoms with van der Waals surface area (Å²) in [6, 6.07) is 5.32. The van der Waals surface area contributed by atoms with E-state index >= 15 is 0 Å². The number of likely N-dealkylation sites (N-methyl/N-ethyl adjacent to an activating group) is 1. The first kappa shape index (κ1) is 17.3. The maximum absolute atomic E-state index is 12.8. The van der Waals surface area contributed by atoms with E-state index in [-0.39, 0.29) is 11.5 Å². The predicted molar refractivity (Wildman–Crippen MR) is 101 cm³/mol. The number of carbonyl (C=O) groups excluding carboxylic acids is 1. The molecule has 0 amide bonds. The van der Waals surface area contributed by atoms with Crippen LogP contribution in [0.1, 0.15) is 26.4 Å². The van der Waals surface area contributed by atoms with E-state index in [2.05, 4.69) is 7.05 Å². The molecule has 0 unspecified atom stereocenters. The molecule has 0 aliphatic carbocycles. The van der Waals surface area contributed by atoms with Crippen molar-refractivity contribution in [2.45, 2.75) is 13.5 Å². The van der Waals surface area contributed by atoms with Crippen LogP contribution >= 0.6 is 11.3 Å². The average molecular weight is 372 g/mol. The molecule has 2 aromatic rings. The molecule has 0 saturated carbocycles. The van der Waals surface area contributed by atoms with Crippen molar-refractivity contribution in [2.24, 2.45) is 0 Å². The van der Waals surface area contributed by atoms with E-state index < -0.39 is 0 Å². The van der Waals surface area contributed by atoms with E-state index in [1.54, 1.807) is 28.4 Å². The number of Topliss-reactive ketones (excluding diaryl/α,β-unsaturated/α-hetero) is 1. The van der Waals surface area contributed by atoms with Gasteiger partial charge in [-0.3, -0.25) is 4.79 Å². The number of carbonyl (C=O) groups is 1. The molecule has 0 bridgehead atoms. The molecule has 1 saturated heterocycles. The van der Waals surface area contributed by atoms with Gasteiger partial charge in [-0.2, -0.15) is 0 Å². The van der Waals surface area contributed by atoms with E-state index in [1.165, 1.54) is 4.90 Å². The number of phenols is 1. The van der Waals surface area contributed by atoms with Crippen LogP contribution in [-0.4, -0.2) is 44.1 Å². The number of piperazine rings is 1. The van der Waals surface area contributed by atoms with Crippen molar-refractivity contribution in [3.05, 3.63) is 50.9 Å². The number of hydrogen-bond donors (Lipinski definition) is 3. The number of benzene rings is 1. The maximum atomic E-state index is 12.8. The van der Waals surface area contributed by atoms with Gasteiger partial charge in [-0.15, -0.1) is 11.3 Å². The molecule has 0 atom stereocenters. The van der Waals surface area contributed by atoms with Gasteiger partial charge in [-0.1, -0.05) is 0 Å². The van der Waals surface area contributed by atoms with Gasteiger partial charge in [0.1, 0.15) is 38.5 Å². The standard InChI is InChI=1S/C20H22N2O3S/c1-13-5-10-26-18(13)11-17-19(24)14-3-4-16(23)15(20(14)25-17)12-22-8-6-21(2)7-9-22/h3-5,10-11,23H,6-9,12H2,1-2H3/p+2/b17-11-. The van der Waals surface area contributed by atoms with Gasteiger partial charge in [0.15, 0.2) is 11.5 Å². The quantitative estimate of drug-likeness (QED) is 0.679. The number of hydrogen-bond acceptors (Lipinski definition) is 4. The highest BCUT2D eigenvalue weighted by Crippen LogP contribution is 2.39. The zero-order valence-electron chi connectivity index (χ0n) is 15.1. The summed E-state index contributed by atoms with van der Waals surface area (Å²) in [6.07, 6.45) is 1.81. The monoisotopic (exact) mass is 372 g/mol. The molecular formula is C20H24N2O3S+2. The van der Waals surface area contributed by atoms with Crippen molar-refractivity contribution in [2.75, 3.05) is 33.2 Å². The second-order valence-electron chi connectivity index (χ2n) is 7.23. The third-order valence-corrected chi connectivity index (χ3v) is 6.28. The van der Waals surface area contributed by atoms with Gasteiger partial charge in [0.05, 0.1) is 18.2 Å². The summed E-state index contributed by atoms with van der Waals surface area (Å²) in [5.74, 6) is 0.986. The number of nitrogens with one attached hydrogen (secondary N) is 2. The minimum Gasteiger partial charge on any atom is -0.507 e. The number of ether oxygens (including phenoxy) is 1. The molecule has 2 aliphatic heterocycles.